The zero-order valence-corrected chi connectivity index (χ0v) is 35.9. The largest absolute Gasteiger partial charge is 0.449 e. The lowest BCUT2D eigenvalue weighted by atomic mass is 9.70. The molecule has 0 amide bonds. The summed E-state index contributed by atoms with van der Waals surface area (Å²) in [7, 11) is 0. The molecule has 10 aromatic carbocycles. The first-order valence-electron chi connectivity index (χ1n) is 22.2. The van der Waals surface area contributed by atoms with Crippen LogP contribution in [0.4, 0.5) is 17.1 Å². The molecule has 1 aliphatic heterocycles. The van der Waals surface area contributed by atoms with Crippen LogP contribution >= 0.6 is 11.3 Å². The average Bonchev–Trinajstić information content (AvgIpc) is 4.01. The molecule has 3 aliphatic rings. The Bertz CT molecular complexity index is 3690. The predicted octanol–water partition coefficient (Wildman–Crippen LogP) is 17.1. The van der Waals surface area contributed by atoms with E-state index >= 15 is 0 Å². The zero-order chi connectivity index (χ0) is 42.6. The van der Waals surface area contributed by atoms with Crippen molar-refractivity contribution in [1.82, 2.24) is 0 Å². The first-order valence-corrected chi connectivity index (χ1v) is 23.0. The SMILES string of the molecule is c1ccc(-c2cccc(N(c3ccc(-c4cccc5c4sc4ccccc45)cc3)c3cccc4c3Oc3c(ccc5c3-c3ccccc3C53c5ccccc5-c5ccccc53)O4)c2)cc1. The Morgan fingerprint density at radius 1 is 0.369 bits per heavy atom. The quantitative estimate of drug-likeness (QED) is 0.172. The van der Waals surface area contributed by atoms with E-state index in [1.54, 1.807) is 0 Å². The van der Waals surface area contributed by atoms with Crippen LogP contribution in [0.15, 0.2) is 224 Å². The summed E-state index contributed by atoms with van der Waals surface area (Å²) in [4.78, 5) is 2.31. The van der Waals surface area contributed by atoms with Gasteiger partial charge in [0.1, 0.15) is 0 Å². The van der Waals surface area contributed by atoms with Crippen LogP contribution in [-0.2, 0) is 5.41 Å². The molecule has 2 aliphatic carbocycles. The molecule has 0 saturated heterocycles. The second kappa shape index (κ2) is 13.9. The number of hydrogen-bond acceptors (Lipinski definition) is 4. The van der Waals surface area contributed by atoms with Gasteiger partial charge in [0.05, 0.1) is 11.1 Å². The number of para-hydroxylation sites is 1. The van der Waals surface area contributed by atoms with Gasteiger partial charge < -0.3 is 14.4 Å². The molecule has 4 heteroatoms. The summed E-state index contributed by atoms with van der Waals surface area (Å²) >= 11 is 1.86. The van der Waals surface area contributed by atoms with Gasteiger partial charge in [-0.2, -0.15) is 0 Å². The van der Waals surface area contributed by atoms with Crippen LogP contribution < -0.4 is 14.4 Å². The summed E-state index contributed by atoms with van der Waals surface area (Å²) in [6, 6.07) is 81.0. The van der Waals surface area contributed by atoms with Crippen LogP contribution in [-0.4, -0.2) is 0 Å². The summed E-state index contributed by atoms with van der Waals surface area (Å²) in [6.45, 7) is 0. The molecule has 0 radical (unpaired) electrons. The number of thiophene rings is 1. The minimum absolute atomic E-state index is 0.497. The lowest BCUT2D eigenvalue weighted by Gasteiger charge is -2.32. The van der Waals surface area contributed by atoms with Crippen molar-refractivity contribution < 1.29 is 9.47 Å². The highest BCUT2D eigenvalue weighted by Crippen LogP contribution is 2.67. The first kappa shape index (κ1) is 36.3. The summed E-state index contributed by atoms with van der Waals surface area (Å²) < 4.78 is 17.0. The van der Waals surface area contributed by atoms with Crippen molar-refractivity contribution in [3.63, 3.8) is 0 Å². The molecule has 0 N–H and O–H groups in total. The molecule has 0 bridgehead atoms. The van der Waals surface area contributed by atoms with Crippen LogP contribution in [0.1, 0.15) is 22.3 Å². The molecule has 1 spiro atoms. The first-order chi connectivity index (χ1) is 32.2. The van der Waals surface area contributed by atoms with Crippen molar-refractivity contribution in [2.75, 3.05) is 4.90 Å². The number of anilines is 3. The van der Waals surface area contributed by atoms with E-state index in [1.807, 2.05) is 17.4 Å². The van der Waals surface area contributed by atoms with Crippen molar-refractivity contribution in [3.05, 3.63) is 247 Å². The number of nitrogens with zero attached hydrogens (tertiary/aromatic N) is 1. The maximum atomic E-state index is 7.43. The number of hydrogen-bond donors (Lipinski definition) is 0. The Balaban J connectivity index is 0.944. The molecule has 0 saturated carbocycles. The molecule has 304 valence electrons. The summed E-state index contributed by atoms with van der Waals surface area (Å²) in [6.07, 6.45) is 0. The number of benzene rings is 10. The molecule has 0 atom stereocenters. The van der Waals surface area contributed by atoms with E-state index in [0.717, 1.165) is 45.1 Å². The summed E-state index contributed by atoms with van der Waals surface area (Å²) in [5, 5.41) is 2.59. The Morgan fingerprint density at radius 2 is 0.985 bits per heavy atom. The van der Waals surface area contributed by atoms with E-state index in [0.29, 0.717) is 17.2 Å². The summed E-state index contributed by atoms with van der Waals surface area (Å²) in [5.74, 6) is 2.78. The fourth-order valence-electron chi connectivity index (χ4n) is 11.0. The van der Waals surface area contributed by atoms with Crippen LogP contribution in [0.3, 0.4) is 0 Å². The van der Waals surface area contributed by atoms with Gasteiger partial charge in [-0.3, -0.25) is 0 Å². The highest BCUT2D eigenvalue weighted by molar-refractivity contribution is 7.26. The molecule has 2 heterocycles. The van der Waals surface area contributed by atoms with Gasteiger partial charge in [-0.25, -0.2) is 0 Å². The van der Waals surface area contributed by atoms with Crippen molar-refractivity contribution in [2.24, 2.45) is 0 Å². The highest BCUT2D eigenvalue weighted by atomic mass is 32.1. The third-order valence-corrected chi connectivity index (χ3v) is 15.0. The van der Waals surface area contributed by atoms with E-state index in [-0.39, 0.29) is 0 Å². The van der Waals surface area contributed by atoms with Gasteiger partial charge in [0.2, 0.25) is 0 Å². The van der Waals surface area contributed by atoms with Gasteiger partial charge in [-0.05, 0) is 110 Å². The van der Waals surface area contributed by atoms with Gasteiger partial charge in [0, 0.05) is 37.1 Å². The second-order valence-corrected chi connectivity index (χ2v) is 18.1. The monoisotopic (exact) mass is 847 g/mol. The fraction of sp³-hybridized carbons (Fsp3) is 0.0164. The lowest BCUT2D eigenvalue weighted by molar-refractivity contribution is 0.361. The molecule has 65 heavy (non-hydrogen) atoms. The maximum absolute atomic E-state index is 7.43. The van der Waals surface area contributed by atoms with Crippen LogP contribution in [0.5, 0.6) is 23.0 Å². The van der Waals surface area contributed by atoms with E-state index in [2.05, 4.69) is 223 Å². The minimum Gasteiger partial charge on any atom is -0.449 e. The molecule has 3 nitrogen and oxygen atoms in total. The van der Waals surface area contributed by atoms with Crippen LogP contribution in [0.25, 0.3) is 64.7 Å². The topological polar surface area (TPSA) is 21.7 Å². The van der Waals surface area contributed by atoms with E-state index in [9.17, 15) is 0 Å². The fourth-order valence-corrected chi connectivity index (χ4v) is 12.3. The van der Waals surface area contributed by atoms with Crippen LogP contribution in [0, 0.1) is 0 Å². The smallest absolute Gasteiger partial charge is 0.194 e. The third kappa shape index (κ3) is 5.17. The molecule has 11 aromatic rings. The molecule has 0 unspecified atom stereocenters. The van der Waals surface area contributed by atoms with Gasteiger partial charge in [0.25, 0.3) is 0 Å². The maximum Gasteiger partial charge on any atom is 0.194 e. The molecular weight excluding hydrogens is 811 g/mol. The number of ether oxygens (including phenoxy) is 2. The third-order valence-electron chi connectivity index (χ3n) is 13.8. The van der Waals surface area contributed by atoms with Gasteiger partial charge in [0.15, 0.2) is 23.0 Å². The van der Waals surface area contributed by atoms with E-state index in [4.69, 9.17) is 9.47 Å². The van der Waals surface area contributed by atoms with Crippen molar-refractivity contribution in [2.45, 2.75) is 5.41 Å². The van der Waals surface area contributed by atoms with Gasteiger partial charge in [-0.1, -0.05) is 176 Å². The van der Waals surface area contributed by atoms with Crippen molar-refractivity contribution >= 4 is 48.6 Å². The minimum atomic E-state index is -0.497. The van der Waals surface area contributed by atoms with E-state index in [1.165, 1.54) is 64.7 Å². The Kier molecular flexibility index (Phi) is 7.77. The van der Waals surface area contributed by atoms with Crippen molar-refractivity contribution in [3.8, 4) is 67.5 Å². The van der Waals surface area contributed by atoms with Gasteiger partial charge in [-0.15, -0.1) is 11.3 Å². The van der Waals surface area contributed by atoms with Gasteiger partial charge >= 0.3 is 0 Å². The molecule has 14 rings (SSSR count). The molecule has 0 fully saturated rings. The lowest BCUT2D eigenvalue weighted by Crippen LogP contribution is -2.25. The standard InChI is InChI=1S/C61H37NO2S/c1-2-15-38(16-3-1)40-17-12-18-42(37-40)62(41-33-31-39(32-34-41)43-23-13-24-47-46-21-7-11-30-56(46)65-60(43)47)53-28-14-29-54-58(53)64-59-55(63-54)36-35-52-57(59)48-22-6-10-27-51(48)61(52)49-25-8-4-19-44(49)45-20-5-9-26-50(45)61/h1-37H. The Hall–Kier alpha value is -8.18. The van der Waals surface area contributed by atoms with E-state index < -0.39 is 5.41 Å². The molecular formula is C61H37NO2S. The van der Waals surface area contributed by atoms with Crippen LogP contribution in [0.2, 0.25) is 0 Å². The molecule has 1 aromatic heterocycles. The number of fused-ring (bicyclic) bond motifs is 16. The Labute approximate surface area is 380 Å². The normalized spacial score (nSPS) is 13.3. The number of rotatable bonds is 5. The zero-order valence-electron chi connectivity index (χ0n) is 35.0. The highest BCUT2D eigenvalue weighted by Gasteiger charge is 2.53. The average molecular weight is 848 g/mol. The Morgan fingerprint density at radius 3 is 1.78 bits per heavy atom. The second-order valence-electron chi connectivity index (χ2n) is 17.1. The summed E-state index contributed by atoms with van der Waals surface area (Å²) in [5.41, 5.74) is 16.9. The van der Waals surface area contributed by atoms with Crippen molar-refractivity contribution in [1.29, 1.82) is 0 Å². The predicted molar refractivity (Wildman–Crippen MR) is 268 cm³/mol.